The van der Waals surface area contributed by atoms with Crippen LogP contribution in [0.3, 0.4) is 0 Å². The number of carbonyl (C=O) groups is 1. The average Bonchev–Trinajstić information content (AvgIpc) is 2.26. The minimum absolute atomic E-state index is 0.109. The number of sulfone groups is 1. The summed E-state index contributed by atoms with van der Waals surface area (Å²) in [5.74, 6) is -1.79. The van der Waals surface area contributed by atoms with Gasteiger partial charge in [0.25, 0.3) is 0 Å². The monoisotopic (exact) mass is 279 g/mol. The Bertz CT molecular complexity index is 373. The zero-order valence-electron chi connectivity index (χ0n) is 10.8. The van der Waals surface area contributed by atoms with Gasteiger partial charge in [-0.15, -0.1) is 0 Å². The molecule has 0 radical (unpaired) electrons. The van der Waals surface area contributed by atoms with Gasteiger partial charge in [-0.05, 0) is 5.92 Å². The van der Waals surface area contributed by atoms with Gasteiger partial charge in [0.15, 0.2) is 15.1 Å². The fourth-order valence-electron chi connectivity index (χ4n) is 2.06. The second-order valence-electron chi connectivity index (χ2n) is 4.82. The highest BCUT2D eigenvalue weighted by atomic mass is 32.2. The van der Waals surface area contributed by atoms with Crippen LogP contribution < -0.4 is 0 Å². The Labute approximate surface area is 108 Å². The van der Waals surface area contributed by atoms with Gasteiger partial charge in [-0.3, -0.25) is 9.69 Å². The Kier molecular flexibility index (Phi) is 5.55. The summed E-state index contributed by atoms with van der Waals surface area (Å²) < 4.78 is 29.2. The highest BCUT2D eigenvalue weighted by molar-refractivity contribution is 7.92. The van der Waals surface area contributed by atoms with Crippen molar-refractivity contribution in [2.45, 2.75) is 19.1 Å². The highest BCUT2D eigenvalue weighted by Crippen LogP contribution is 2.14. The minimum Gasteiger partial charge on any atom is -0.480 e. The predicted octanol–water partition coefficient (Wildman–Crippen LogP) is -0.157. The van der Waals surface area contributed by atoms with E-state index in [4.69, 9.17) is 9.84 Å². The zero-order chi connectivity index (χ0) is 13.8. The maximum atomic E-state index is 12.0. The number of carboxylic acids is 1. The maximum Gasteiger partial charge on any atom is 0.322 e. The second-order valence-corrected chi connectivity index (χ2v) is 7.07. The average molecular weight is 279 g/mol. The van der Waals surface area contributed by atoms with Crippen molar-refractivity contribution in [1.82, 2.24) is 4.90 Å². The molecule has 1 fully saturated rings. The van der Waals surface area contributed by atoms with Gasteiger partial charge in [0.05, 0.1) is 19.0 Å². The summed E-state index contributed by atoms with van der Waals surface area (Å²) in [5, 5.41) is 7.70. The molecule has 1 aliphatic rings. The SMILES string of the molecule is CC(C)C(C(=O)O)S(=O)(=O)CCN1CCOCC1. The molecular weight excluding hydrogens is 258 g/mol. The molecule has 0 aromatic carbocycles. The molecule has 0 aromatic heterocycles. The molecule has 0 spiro atoms. The quantitative estimate of drug-likeness (QED) is 0.727. The summed E-state index contributed by atoms with van der Waals surface area (Å²) in [7, 11) is -3.60. The Morgan fingerprint density at radius 1 is 1.33 bits per heavy atom. The lowest BCUT2D eigenvalue weighted by Gasteiger charge is -2.27. The fraction of sp³-hybridized carbons (Fsp3) is 0.909. The van der Waals surface area contributed by atoms with E-state index in [-0.39, 0.29) is 5.75 Å². The first-order valence-corrected chi connectivity index (χ1v) is 7.80. The van der Waals surface area contributed by atoms with Crippen LogP contribution in [0, 0.1) is 5.92 Å². The number of morpholine rings is 1. The van der Waals surface area contributed by atoms with E-state index in [0.29, 0.717) is 32.8 Å². The van der Waals surface area contributed by atoms with Gasteiger partial charge >= 0.3 is 5.97 Å². The van der Waals surface area contributed by atoms with Gasteiger partial charge in [-0.1, -0.05) is 13.8 Å². The van der Waals surface area contributed by atoms with Crippen molar-refractivity contribution < 1.29 is 23.1 Å². The summed E-state index contributed by atoms with van der Waals surface area (Å²) in [5.41, 5.74) is 0. The van der Waals surface area contributed by atoms with Crippen molar-refractivity contribution in [3.8, 4) is 0 Å². The zero-order valence-corrected chi connectivity index (χ0v) is 11.6. The number of hydrogen-bond acceptors (Lipinski definition) is 5. The van der Waals surface area contributed by atoms with Gasteiger partial charge in [0.1, 0.15) is 0 Å². The van der Waals surface area contributed by atoms with E-state index >= 15 is 0 Å². The predicted molar refractivity (Wildman–Crippen MR) is 67.3 cm³/mol. The lowest BCUT2D eigenvalue weighted by atomic mass is 10.1. The molecule has 1 aliphatic heterocycles. The van der Waals surface area contributed by atoms with E-state index in [1.54, 1.807) is 13.8 Å². The molecule has 1 atom stereocenters. The van der Waals surface area contributed by atoms with Crippen LogP contribution in [0.5, 0.6) is 0 Å². The lowest BCUT2D eigenvalue weighted by molar-refractivity contribution is -0.137. The maximum absolute atomic E-state index is 12.0. The van der Waals surface area contributed by atoms with E-state index in [0.717, 1.165) is 0 Å². The van der Waals surface area contributed by atoms with Crippen molar-refractivity contribution in [3.63, 3.8) is 0 Å². The van der Waals surface area contributed by atoms with Gasteiger partial charge in [0, 0.05) is 19.6 Å². The molecule has 0 saturated carbocycles. The molecule has 1 saturated heterocycles. The van der Waals surface area contributed by atoms with Crippen molar-refractivity contribution in [3.05, 3.63) is 0 Å². The largest absolute Gasteiger partial charge is 0.480 e. The molecule has 7 heteroatoms. The van der Waals surface area contributed by atoms with Crippen LogP contribution in [0.15, 0.2) is 0 Å². The minimum atomic E-state index is -3.60. The van der Waals surface area contributed by atoms with E-state index in [1.807, 2.05) is 4.90 Å². The molecule has 106 valence electrons. The Morgan fingerprint density at radius 3 is 2.33 bits per heavy atom. The van der Waals surface area contributed by atoms with Crippen LogP contribution >= 0.6 is 0 Å². The topological polar surface area (TPSA) is 83.9 Å². The number of hydrogen-bond donors (Lipinski definition) is 1. The van der Waals surface area contributed by atoms with E-state index in [9.17, 15) is 13.2 Å². The van der Waals surface area contributed by atoms with Gasteiger partial charge in [-0.25, -0.2) is 8.42 Å². The molecular formula is C11H21NO5S. The Balaban J connectivity index is 2.59. The van der Waals surface area contributed by atoms with Crippen molar-refractivity contribution in [1.29, 1.82) is 0 Å². The van der Waals surface area contributed by atoms with Crippen LogP contribution in [0.2, 0.25) is 0 Å². The van der Waals surface area contributed by atoms with Crippen molar-refractivity contribution >= 4 is 15.8 Å². The van der Waals surface area contributed by atoms with Gasteiger partial charge < -0.3 is 9.84 Å². The van der Waals surface area contributed by atoms with Gasteiger partial charge in [0.2, 0.25) is 0 Å². The number of rotatable bonds is 6. The lowest BCUT2D eigenvalue weighted by Crippen LogP contribution is -2.43. The number of nitrogens with zero attached hydrogens (tertiary/aromatic N) is 1. The Hall–Kier alpha value is -0.660. The molecule has 1 unspecified atom stereocenters. The fourth-order valence-corrected chi connectivity index (χ4v) is 3.96. The summed E-state index contributed by atoms with van der Waals surface area (Å²) in [6, 6.07) is 0. The smallest absolute Gasteiger partial charge is 0.322 e. The summed E-state index contributed by atoms with van der Waals surface area (Å²) in [6.07, 6.45) is 0. The molecule has 1 heterocycles. The molecule has 1 rings (SSSR count). The third-order valence-corrected chi connectivity index (χ3v) is 5.30. The van der Waals surface area contributed by atoms with Crippen LogP contribution in [0.1, 0.15) is 13.8 Å². The summed E-state index contributed by atoms with van der Waals surface area (Å²) in [4.78, 5) is 13.0. The highest BCUT2D eigenvalue weighted by Gasteiger charge is 2.35. The standard InChI is InChI=1S/C11H21NO5S/c1-9(2)10(11(13)14)18(15,16)8-5-12-3-6-17-7-4-12/h9-10H,3-8H2,1-2H3,(H,13,14). The molecule has 18 heavy (non-hydrogen) atoms. The Morgan fingerprint density at radius 2 is 1.89 bits per heavy atom. The molecule has 1 N–H and O–H groups in total. The number of carboxylic acid groups (broad SMARTS) is 1. The first kappa shape index (κ1) is 15.4. The number of aliphatic carboxylic acids is 1. The molecule has 0 bridgehead atoms. The van der Waals surface area contributed by atoms with Crippen molar-refractivity contribution in [2.24, 2.45) is 5.92 Å². The van der Waals surface area contributed by atoms with Crippen LogP contribution in [-0.2, 0) is 19.4 Å². The molecule has 6 nitrogen and oxygen atoms in total. The third-order valence-electron chi connectivity index (χ3n) is 3.03. The van der Waals surface area contributed by atoms with Crippen LogP contribution in [0.25, 0.3) is 0 Å². The normalized spacial score (nSPS) is 19.9. The van der Waals surface area contributed by atoms with Crippen molar-refractivity contribution in [2.75, 3.05) is 38.6 Å². The molecule has 0 amide bonds. The van der Waals surface area contributed by atoms with E-state index < -0.39 is 27.0 Å². The van der Waals surface area contributed by atoms with Crippen LogP contribution in [0.4, 0.5) is 0 Å². The summed E-state index contributed by atoms with van der Waals surface area (Å²) in [6.45, 7) is 6.22. The number of ether oxygens (including phenoxy) is 1. The van der Waals surface area contributed by atoms with Crippen LogP contribution in [-0.4, -0.2) is 68.2 Å². The first-order chi connectivity index (χ1) is 8.34. The summed E-state index contributed by atoms with van der Waals surface area (Å²) >= 11 is 0. The van der Waals surface area contributed by atoms with E-state index in [2.05, 4.69) is 0 Å². The van der Waals surface area contributed by atoms with Gasteiger partial charge in [-0.2, -0.15) is 0 Å². The molecule has 0 aromatic rings. The van der Waals surface area contributed by atoms with E-state index in [1.165, 1.54) is 0 Å². The first-order valence-electron chi connectivity index (χ1n) is 6.09. The molecule has 0 aliphatic carbocycles. The second kappa shape index (κ2) is 6.49. The third kappa shape index (κ3) is 4.22.